The molecule has 2 fully saturated rings. The number of carboxylic acids is 1. The predicted octanol–water partition coefficient (Wildman–Crippen LogP) is 6.54. The van der Waals surface area contributed by atoms with Crippen molar-refractivity contribution in [2.24, 2.45) is 7.05 Å². The molecule has 2 N–H and O–H groups in total. The first-order valence-corrected chi connectivity index (χ1v) is 21.4. The molecule has 2 aromatic heterocycles. The van der Waals surface area contributed by atoms with Gasteiger partial charge in [0.1, 0.15) is 23.3 Å². The third kappa shape index (κ3) is 7.38. The van der Waals surface area contributed by atoms with Crippen molar-refractivity contribution in [1.82, 2.24) is 29.5 Å². The number of aryl methyl sites for hydroxylation is 3. The lowest BCUT2D eigenvalue weighted by Gasteiger charge is -2.37. The van der Waals surface area contributed by atoms with Gasteiger partial charge >= 0.3 is 5.97 Å². The van der Waals surface area contributed by atoms with Crippen molar-refractivity contribution in [3.63, 3.8) is 0 Å². The maximum absolute atomic E-state index is 13.9. The molecule has 6 aromatic rings. The van der Waals surface area contributed by atoms with Gasteiger partial charge in [-0.25, -0.2) is 9.18 Å². The van der Waals surface area contributed by atoms with Crippen LogP contribution in [0.2, 0.25) is 5.02 Å². The number of benzene rings is 4. The number of nitrogens with one attached hydrogen (secondary N) is 1. The molecule has 0 saturated carbocycles. The number of imide groups is 2. The molecular formula is C47H45ClFN7O7. The third-order valence-corrected chi connectivity index (χ3v) is 13.0. The number of aromatic carboxylic acids is 1. The molecule has 1 atom stereocenters. The van der Waals surface area contributed by atoms with E-state index in [0.29, 0.717) is 86.3 Å². The van der Waals surface area contributed by atoms with Crippen molar-refractivity contribution in [1.29, 1.82) is 0 Å². The molecule has 0 spiro atoms. The largest absolute Gasteiger partial charge is 0.493 e. The fraction of sp³-hybridized carbons (Fsp3) is 0.319. The summed E-state index contributed by atoms with van der Waals surface area (Å²) in [6, 6.07) is 17.8. The quantitative estimate of drug-likeness (QED) is 0.102. The van der Waals surface area contributed by atoms with Crippen molar-refractivity contribution >= 4 is 68.6 Å². The van der Waals surface area contributed by atoms with E-state index in [1.807, 2.05) is 61.9 Å². The van der Waals surface area contributed by atoms with Crippen molar-refractivity contribution in [3.05, 3.63) is 111 Å². The van der Waals surface area contributed by atoms with Crippen LogP contribution in [0.15, 0.2) is 66.7 Å². The van der Waals surface area contributed by atoms with Gasteiger partial charge in [0.15, 0.2) is 0 Å². The zero-order chi connectivity index (χ0) is 44.3. The Bertz CT molecular complexity index is 2900. The number of piperazine rings is 1. The molecule has 324 valence electrons. The van der Waals surface area contributed by atoms with E-state index in [2.05, 4.69) is 20.2 Å². The van der Waals surface area contributed by atoms with Crippen LogP contribution in [0.5, 0.6) is 5.75 Å². The standard InChI is InChI=1S/C47H45ClFN7O7/c1-26-39(27(2)52(3)51-26)41-34(48)15-14-32-31(9-6-24-63-37-11-4-7-28-25-29(49)12-13-30(28)37)43(47(61)62)55(42(32)41)23-20-53-18-21-54(22-19-53)35-10-5-8-33-40(35)46(60)56(45(33)59)36-16-17-38(57)50-44(36)58/h4-5,7-8,10-15,25,36H,6,9,16-24H2,1-3H3,(H,61,62)(H,50,57,58). The summed E-state index contributed by atoms with van der Waals surface area (Å²) in [7, 11) is 1.87. The first-order valence-electron chi connectivity index (χ1n) is 21.0. The zero-order valence-corrected chi connectivity index (χ0v) is 35.8. The Morgan fingerprint density at radius 2 is 1.68 bits per heavy atom. The number of halogens is 2. The van der Waals surface area contributed by atoms with Gasteiger partial charge < -0.3 is 19.3 Å². The first kappa shape index (κ1) is 41.8. The maximum Gasteiger partial charge on any atom is 0.352 e. The summed E-state index contributed by atoms with van der Waals surface area (Å²) < 4.78 is 23.8. The second-order valence-electron chi connectivity index (χ2n) is 16.3. The average Bonchev–Trinajstić information content (AvgIpc) is 3.82. The number of ether oxygens (including phenoxy) is 1. The number of rotatable bonds is 12. The minimum Gasteiger partial charge on any atom is -0.493 e. The zero-order valence-electron chi connectivity index (χ0n) is 35.0. The number of carbonyl (C=O) groups excluding carboxylic acids is 4. The highest BCUT2D eigenvalue weighted by Gasteiger charge is 2.46. The van der Waals surface area contributed by atoms with Crippen LogP contribution in [0, 0.1) is 19.7 Å². The molecule has 0 radical (unpaired) electrons. The Labute approximate surface area is 366 Å². The molecule has 3 aliphatic rings. The number of carbonyl (C=O) groups is 5. The summed E-state index contributed by atoms with van der Waals surface area (Å²) in [6.45, 7) is 7.25. The van der Waals surface area contributed by atoms with Crippen LogP contribution >= 0.6 is 11.6 Å². The SMILES string of the molecule is Cc1nn(C)c(C)c1-c1c(Cl)ccc2c(CCCOc3cccc4cc(F)ccc34)c(C(=O)O)n(CCN3CCN(c4cccc5c4C(=O)N(C4CCC(=O)NC4=O)C5=O)CC3)c12. The molecule has 9 rings (SSSR count). The molecule has 0 aliphatic carbocycles. The predicted molar refractivity (Wildman–Crippen MR) is 235 cm³/mol. The van der Waals surface area contributed by atoms with Crippen LogP contribution in [0.4, 0.5) is 10.1 Å². The second kappa shape index (κ2) is 16.6. The van der Waals surface area contributed by atoms with Gasteiger partial charge in [0.05, 0.1) is 39.7 Å². The van der Waals surface area contributed by atoms with Gasteiger partial charge in [0, 0.05) is 80.3 Å². The lowest BCUT2D eigenvalue weighted by atomic mass is 9.98. The van der Waals surface area contributed by atoms with Gasteiger partial charge in [0.2, 0.25) is 11.8 Å². The summed E-state index contributed by atoms with van der Waals surface area (Å²) in [5, 5.41) is 20.7. The highest BCUT2D eigenvalue weighted by atomic mass is 35.5. The van der Waals surface area contributed by atoms with Gasteiger partial charge in [0.25, 0.3) is 11.8 Å². The molecule has 4 aromatic carbocycles. The fourth-order valence-electron chi connectivity index (χ4n) is 9.58. The monoisotopic (exact) mass is 873 g/mol. The van der Waals surface area contributed by atoms with Crippen LogP contribution in [-0.2, 0) is 29.6 Å². The van der Waals surface area contributed by atoms with Crippen LogP contribution in [-0.4, -0.2) is 104 Å². The van der Waals surface area contributed by atoms with Crippen molar-refractivity contribution in [2.75, 3.05) is 44.2 Å². The van der Waals surface area contributed by atoms with Crippen molar-refractivity contribution < 1.29 is 38.2 Å². The van der Waals surface area contributed by atoms with E-state index in [0.717, 1.165) is 43.6 Å². The number of fused-ring (bicyclic) bond motifs is 3. The number of hydrogen-bond donors (Lipinski definition) is 2. The molecular weight excluding hydrogens is 829 g/mol. The van der Waals surface area contributed by atoms with Crippen LogP contribution in [0.1, 0.15) is 67.4 Å². The number of nitrogens with zero attached hydrogens (tertiary/aromatic N) is 6. The van der Waals surface area contributed by atoms with Crippen molar-refractivity contribution in [2.45, 2.75) is 52.1 Å². The van der Waals surface area contributed by atoms with Gasteiger partial charge in [-0.1, -0.05) is 35.9 Å². The molecule has 4 amide bonds. The van der Waals surface area contributed by atoms with Crippen molar-refractivity contribution in [3.8, 4) is 16.9 Å². The number of hydrogen-bond acceptors (Lipinski definition) is 9. The number of anilines is 1. The van der Waals surface area contributed by atoms with E-state index in [9.17, 15) is 33.5 Å². The normalized spacial score (nSPS) is 17.0. The molecule has 16 heteroatoms. The van der Waals surface area contributed by atoms with E-state index < -0.39 is 35.6 Å². The third-order valence-electron chi connectivity index (χ3n) is 12.7. The van der Waals surface area contributed by atoms with Crippen LogP contribution in [0.3, 0.4) is 0 Å². The van der Waals surface area contributed by atoms with Gasteiger partial charge in [-0.05, 0) is 86.5 Å². The highest BCUT2D eigenvalue weighted by molar-refractivity contribution is 6.35. The Kier molecular flexibility index (Phi) is 11.0. The van der Waals surface area contributed by atoms with Gasteiger partial charge in [-0.15, -0.1) is 0 Å². The lowest BCUT2D eigenvalue weighted by Crippen LogP contribution is -2.54. The van der Waals surface area contributed by atoms with Gasteiger partial charge in [-0.2, -0.15) is 5.10 Å². The van der Waals surface area contributed by atoms with E-state index >= 15 is 0 Å². The van der Waals surface area contributed by atoms with E-state index in [1.165, 1.54) is 12.1 Å². The molecule has 2 saturated heterocycles. The highest BCUT2D eigenvalue weighted by Crippen LogP contribution is 2.42. The van der Waals surface area contributed by atoms with Gasteiger partial charge in [-0.3, -0.25) is 39.0 Å². The van der Waals surface area contributed by atoms with E-state index in [1.54, 1.807) is 22.9 Å². The molecule has 63 heavy (non-hydrogen) atoms. The summed E-state index contributed by atoms with van der Waals surface area (Å²) >= 11 is 7.07. The minimum atomic E-state index is -1.06. The molecule has 0 bridgehead atoms. The maximum atomic E-state index is 13.9. The molecule has 1 unspecified atom stereocenters. The first-order chi connectivity index (χ1) is 30.3. The molecule has 3 aliphatic heterocycles. The second-order valence-corrected chi connectivity index (χ2v) is 16.7. The molecule has 5 heterocycles. The minimum absolute atomic E-state index is 0.0379. The fourth-order valence-corrected chi connectivity index (χ4v) is 9.83. The van der Waals surface area contributed by atoms with Crippen LogP contribution in [0.25, 0.3) is 32.8 Å². The summed E-state index contributed by atoms with van der Waals surface area (Å²) in [5.41, 5.74) is 5.87. The lowest BCUT2D eigenvalue weighted by molar-refractivity contribution is -0.136. The Morgan fingerprint density at radius 1 is 0.921 bits per heavy atom. The topological polar surface area (TPSA) is 159 Å². The number of amides is 4. The Hall–Kier alpha value is -6.58. The Balaban J connectivity index is 0.976. The summed E-state index contributed by atoms with van der Waals surface area (Å²) in [5.74, 6) is -2.96. The smallest absolute Gasteiger partial charge is 0.352 e. The van der Waals surface area contributed by atoms with E-state index in [4.69, 9.17) is 16.3 Å². The Morgan fingerprint density at radius 3 is 2.41 bits per heavy atom. The van der Waals surface area contributed by atoms with Crippen LogP contribution < -0.4 is 15.0 Å². The number of piperidine rings is 1. The number of carboxylic acid groups (broad SMARTS) is 1. The summed E-state index contributed by atoms with van der Waals surface area (Å²) in [6.07, 6.45) is 1.02. The molecule has 14 nitrogen and oxygen atoms in total. The van der Waals surface area contributed by atoms with E-state index in [-0.39, 0.29) is 35.5 Å². The summed E-state index contributed by atoms with van der Waals surface area (Å²) in [4.78, 5) is 70.5. The number of aromatic nitrogens is 3. The average molecular weight is 874 g/mol.